The fourth-order valence-electron chi connectivity index (χ4n) is 5.57. The van der Waals surface area contributed by atoms with E-state index >= 15 is 0 Å². The lowest BCUT2D eigenvalue weighted by Crippen LogP contribution is -2.62. The number of anilines is 1. The zero-order valence-electron chi connectivity index (χ0n) is 19.1. The monoisotopic (exact) mass is 476 g/mol. The van der Waals surface area contributed by atoms with Gasteiger partial charge in [-0.05, 0) is 75.7 Å². The van der Waals surface area contributed by atoms with Crippen molar-refractivity contribution in [2.75, 3.05) is 38.1 Å². The number of carbonyl (C=O) groups excluding carboxylic acids is 2. The second-order valence-corrected chi connectivity index (χ2v) is 10.5. The van der Waals surface area contributed by atoms with E-state index in [1.807, 2.05) is 4.90 Å². The number of carbonyl (C=O) groups is 2. The van der Waals surface area contributed by atoms with Crippen molar-refractivity contribution in [1.82, 2.24) is 14.7 Å². The van der Waals surface area contributed by atoms with Gasteiger partial charge in [0.05, 0.1) is 25.3 Å². The zero-order valence-corrected chi connectivity index (χ0v) is 19.8. The number of ether oxygens (including phenoxy) is 1. The number of hydrogen-bond acceptors (Lipinski definition) is 5. The number of nitrogens with zero attached hydrogens (tertiary/aromatic N) is 3. The number of piperazine rings is 1. The summed E-state index contributed by atoms with van der Waals surface area (Å²) in [6.45, 7) is 5.36. The molecule has 33 heavy (non-hydrogen) atoms. The molecular weight excluding hydrogens is 444 g/mol. The molecule has 1 aromatic rings. The van der Waals surface area contributed by atoms with Crippen molar-refractivity contribution in [3.63, 3.8) is 0 Å². The lowest BCUT2D eigenvalue weighted by molar-refractivity contribution is -0.150. The van der Waals surface area contributed by atoms with Crippen molar-refractivity contribution in [2.45, 2.75) is 63.4 Å². The van der Waals surface area contributed by atoms with Crippen LogP contribution in [0.5, 0.6) is 0 Å². The van der Waals surface area contributed by atoms with Crippen molar-refractivity contribution in [3.8, 4) is 0 Å². The predicted molar refractivity (Wildman–Crippen MR) is 125 cm³/mol. The summed E-state index contributed by atoms with van der Waals surface area (Å²) in [5.41, 5.74) is 0.819. The highest BCUT2D eigenvalue weighted by molar-refractivity contribution is 6.30. The Kier molecular flexibility index (Phi) is 6.29. The summed E-state index contributed by atoms with van der Waals surface area (Å²) in [7, 11) is 0. The number of benzene rings is 1. The summed E-state index contributed by atoms with van der Waals surface area (Å²) >= 11 is 6.01. The largest absolute Gasteiger partial charge is 0.391 e. The normalized spacial score (nSPS) is 31.1. The van der Waals surface area contributed by atoms with E-state index in [0.29, 0.717) is 23.9 Å². The van der Waals surface area contributed by atoms with Gasteiger partial charge in [0.2, 0.25) is 5.91 Å². The molecule has 5 rings (SSSR count). The Labute approximate surface area is 199 Å². The van der Waals surface area contributed by atoms with Gasteiger partial charge < -0.3 is 29.9 Å². The molecule has 4 aliphatic rings. The second-order valence-electron chi connectivity index (χ2n) is 10.0. The minimum atomic E-state index is -0.559. The maximum atomic E-state index is 13.2. The summed E-state index contributed by atoms with van der Waals surface area (Å²) in [6.07, 6.45) is 4.66. The summed E-state index contributed by atoms with van der Waals surface area (Å²) < 4.78 is 5.94. The van der Waals surface area contributed by atoms with Gasteiger partial charge in [-0.3, -0.25) is 4.79 Å². The first-order valence-electron chi connectivity index (χ1n) is 12.0. The van der Waals surface area contributed by atoms with Crippen LogP contribution in [-0.2, 0) is 9.53 Å². The standard InChI is InChI=1S/C24H33ClN4O4/c1-16-22(31)29-19(6-3-10-27-11-9-24(7-8-24)20(30)13-27)15-33-21(29)14-28(16)23(32)26-18-5-2-4-17(25)12-18/h2,4-5,12,16,19-21,30H,3,6-11,13-15H2,1H3,(H,26,32)/t16-,19-,20+,21?/m0/s1. The average Bonchev–Trinajstić information content (AvgIpc) is 3.46. The molecule has 2 N–H and O–H groups in total. The molecule has 4 fully saturated rings. The number of halogens is 1. The summed E-state index contributed by atoms with van der Waals surface area (Å²) in [5, 5.41) is 13.8. The SMILES string of the molecule is C[C@H]1C(=O)N2C(CN1C(=O)Nc1cccc(Cl)c1)OC[C@@H]2CCCN1CCC2(CC2)[C@H](O)C1. The fraction of sp³-hybridized carbons (Fsp3) is 0.667. The van der Waals surface area contributed by atoms with Crippen LogP contribution < -0.4 is 5.32 Å². The van der Waals surface area contributed by atoms with E-state index in [1.54, 1.807) is 31.2 Å². The van der Waals surface area contributed by atoms with Crippen LogP contribution in [0.3, 0.4) is 0 Å². The number of hydrogen-bond donors (Lipinski definition) is 2. The molecule has 1 aliphatic carbocycles. The van der Waals surface area contributed by atoms with Gasteiger partial charge in [-0.25, -0.2) is 4.79 Å². The summed E-state index contributed by atoms with van der Waals surface area (Å²) in [4.78, 5) is 31.8. The topological polar surface area (TPSA) is 85.4 Å². The quantitative estimate of drug-likeness (QED) is 0.682. The molecule has 1 unspecified atom stereocenters. The van der Waals surface area contributed by atoms with Crippen LogP contribution in [0.25, 0.3) is 0 Å². The molecule has 3 heterocycles. The first-order chi connectivity index (χ1) is 15.9. The molecule has 0 bridgehead atoms. The molecule has 0 radical (unpaired) electrons. The zero-order chi connectivity index (χ0) is 23.2. The number of fused-ring (bicyclic) bond motifs is 1. The molecule has 1 spiro atoms. The van der Waals surface area contributed by atoms with Crippen LogP contribution in [0, 0.1) is 5.41 Å². The third kappa shape index (κ3) is 4.58. The maximum Gasteiger partial charge on any atom is 0.322 e. The number of aliphatic hydroxyl groups is 1. The Morgan fingerprint density at radius 3 is 2.85 bits per heavy atom. The first-order valence-corrected chi connectivity index (χ1v) is 12.4. The number of rotatable bonds is 5. The second kappa shape index (κ2) is 9.06. The highest BCUT2D eigenvalue weighted by atomic mass is 35.5. The van der Waals surface area contributed by atoms with Gasteiger partial charge in [0.25, 0.3) is 0 Å². The van der Waals surface area contributed by atoms with Crippen molar-refractivity contribution in [2.24, 2.45) is 5.41 Å². The number of urea groups is 1. The van der Waals surface area contributed by atoms with E-state index < -0.39 is 12.3 Å². The molecule has 180 valence electrons. The van der Waals surface area contributed by atoms with E-state index in [0.717, 1.165) is 38.9 Å². The minimum Gasteiger partial charge on any atom is -0.391 e. The molecule has 8 nitrogen and oxygen atoms in total. The maximum absolute atomic E-state index is 13.2. The van der Waals surface area contributed by atoms with Crippen LogP contribution >= 0.6 is 11.6 Å². The van der Waals surface area contributed by atoms with E-state index in [1.165, 1.54) is 17.7 Å². The lowest BCUT2D eigenvalue weighted by Gasteiger charge is -2.42. The van der Waals surface area contributed by atoms with Crippen LogP contribution in [-0.4, -0.2) is 88.9 Å². The van der Waals surface area contributed by atoms with Crippen LogP contribution in [0.2, 0.25) is 5.02 Å². The molecule has 3 amide bonds. The number of β-amino-alcohol motifs (C(OH)–C–C–N with tert-alkyl or cyclic N) is 1. The number of nitrogens with one attached hydrogen (secondary N) is 1. The Hall–Kier alpha value is -1.87. The van der Waals surface area contributed by atoms with E-state index in [4.69, 9.17) is 16.3 Å². The minimum absolute atomic E-state index is 0.0348. The number of piperidine rings is 1. The van der Waals surface area contributed by atoms with Crippen LogP contribution in [0.4, 0.5) is 10.5 Å². The molecule has 4 atom stereocenters. The fourth-order valence-corrected chi connectivity index (χ4v) is 5.76. The number of aliphatic hydroxyl groups excluding tert-OH is 1. The summed E-state index contributed by atoms with van der Waals surface area (Å²) in [6, 6.07) is 6.09. The molecule has 3 aliphatic heterocycles. The van der Waals surface area contributed by atoms with Gasteiger partial charge in [-0.1, -0.05) is 17.7 Å². The Morgan fingerprint density at radius 1 is 1.30 bits per heavy atom. The summed E-state index contributed by atoms with van der Waals surface area (Å²) in [5.74, 6) is -0.0703. The van der Waals surface area contributed by atoms with Gasteiger partial charge in [0.15, 0.2) is 6.23 Å². The Balaban J connectivity index is 1.13. The molecule has 9 heteroatoms. The molecule has 1 aromatic carbocycles. The number of amides is 3. The van der Waals surface area contributed by atoms with E-state index in [-0.39, 0.29) is 29.5 Å². The molecule has 0 aromatic heterocycles. The average molecular weight is 477 g/mol. The third-order valence-corrected chi connectivity index (χ3v) is 8.16. The van der Waals surface area contributed by atoms with E-state index in [2.05, 4.69) is 10.2 Å². The van der Waals surface area contributed by atoms with Crippen molar-refractivity contribution in [3.05, 3.63) is 29.3 Å². The van der Waals surface area contributed by atoms with Gasteiger partial charge in [-0.15, -0.1) is 0 Å². The Bertz CT molecular complexity index is 910. The Morgan fingerprint density at radius 2 is 2.12 bits per heavy atom. The highest BCUT2D eigenvalue weighted by Crippen LogP contribution is 2.53. The van der Waals surface area contributed by atoms with Crippen molar-refractivity contribution in [1.29, 1.82) is 0 Å². The van der Waals surface area contributed by atoms with Gasteiger partial charge in [-0.2, -0.15) is 0 Å². The van der Waals surface area contributed by atoms with Gasteiger partial charge >= 0.3 is 6.03 Å². The van der Waals surface area contributed by atoms with Crippen molar-refractivity contribution < 1.29 is 19.4 Å². The first kappa shape index (κ1) is 22.9. The molecule has 3 saturated heterocycles. The smallest absolute Gasteiger partial charge is 0.322 e. The van der Waals surface area contributed by atoms with Crippen LogP contribution in [0.1, 0.15) is 39.0 Å². The van der Waals surface area contributed by atoms with Crippen molar-refractivity contribution >= 4 is 29.2 Å². The van der Waals surface area contributed by atoms with Gasteiger partial charge in [0.1, 0.15) is 6.04 Å². The molecular formula is C24H33ClN4O4. The van der Waals surface area contributed by atoms with Crippen LogP contribution in [0.15, 0.2) is 24.3 Å². The lowest BCUT2D eigenvalue weighted by atomic mass is 9.90. The predicted octanol–water partition coefficient (Wildman–Crippen LogP) is 2.76. The third-order valence-electron chi connectivity index (χ3n) is 7.92. The number of likely N-dealkylation sites (tertiary alicyclic amines) is 1. The van der Waals surface area contributed by atoms with Gasteiger partial charge in [0, 0.05) is 17.3 Å². The highest BCUT2D eigenvalue weighted by Gasteiger charge is 2.51. The molecule has 1 saturated carbocycles. The van der Waals surface area contributed by atoms with E-state index in [9.17, 15) is 14.7 Å².